The molecule has 2 N–H and O–H groups in total. The van der Waals surface area contributed by atoms with Gasteiger partial charge in [0.2, 0.25) is 0 Å². The maximum atomic E-state index is 10.1. The van der Waals surface area contributed by atoms with E-state index in [4.69, 9.17) is 0 Å². The second-order valence-electron chi connectivity index (χ2n) is 6.25. The van der Waals surface area contributed by atoms with E-state index in [1.807, 2.05) is 6.92 Å². The highest BCUT2D eigenvalue weighted by Gasteiger charge is 2.53. The van der Waals surface area contributed by atoms with Crippen molar-refractivity contribution in [2.75, 3.05) is 13.1 Å². The van der Waals surface area contributed by atoms with Crippen molar-refractivity contribution in [3.05, 3.63) is 0 Å². The molecule has 2 saturated carbocycles. The van der Waals surface area contributed by atoms with Crippen molar-refractivity contribution in [2.24, 2.45) is 17.3 Å². The first-order valence-electron chi connectivity index (χ1n) is 6.39. The summed E-state index contributed by atoms with van der Waals surface area (Å²) in [6, 6.07) is 0. The minimum absolute atomic E-state index is 0.320. The molecule has 0 saturated heterocycles. The van der Waals surface area contributed by atoms with Crippen LogP contribution in [-0.4, -0.2) is 23.8 Å². The summed E-state index contributed by atoms with van der Waals surface area (Å²) < 4.78 is 0. The van der Waals surface area contributed by atoms with Crippen molar-refractivity contribution in [2.45, 2.75) is 52.1 Å². The van der Waals surface area contributed by atoms with Gasteiger partial charge >= 0.3 is 0 Å². The van der Waals surface area contributed by atoms with Crippen LogP contribution in [0.1, 0.15) is 46.5 Å². The molecular weight excluding hydrogens is 186 g/mol. The van der Waals surface area contributed by atoms with E-state index in [2.05, 4.69) is 19.2 Å². The molecule has 0 aromatic rings. The van der Waals surface area contributed by atoms with Crippen molar-refractivity contribution in [1.29, 1.82) is 0 Å². The van der Waals surface area contributed by atoms with Gasteiger partial charge in [0.25, 0.3) is 0 Å². The molecule has 0 aromatic heterocycles. The third-order valence-electron chi connectivity index (χ3n) is 4.54. The molecule has 0 heterocycles. The highest BCUT2D eigenvalue weighted by molar-refractivity contribution is 5.05. The summed E-state index contributed by atoms with van der Waals surface area (Å²) in [5.41, 5.74) is 0.0900. The number of hydrogen-bond acceptors (Lipinski definition) is 2. The summed E-state index contributed by atoms with van der Waals surface area (Å²) in [5, 5.41) is 13.6. The van der Waals surface area contributed by atoms with Gasteiger partial charge in [0, 0.05) is 13.1 Å². The first-order chi connectivity index (χ1) is 6.96. The minimum atomic E-state index is -0.556. The molecule has 2 rings (SSSR count). The van der Waals surface area contributed by atoms with Gasteiger partial charge in [0.15, 0.2) is 0 Å². The van der Waals surface area contributed by atoms with E-state index in [9.17, 15) is 5.11 Å². The van der Waals surface area contributed by atoms with Crippen LogP contribution >= 0.6 is 0 Å². The number of nitrogens with one attached hydrogen (secondary N) is 1. The van der Waals surface area contributed by atoms with Crippen LogP contribution in [0.2, 0.25) is 0 Å². The SMILES string of the molecule is CC(C)C(C)(O)CNCC1(C2CC2)CC1. The molecule has 0 amide bonds. The number of rotatable bonds is 6. The van der Waals surface area contributed by atoms with Gasteiger partial charge in [-0.05, 0) is 49.9 Å². The molecule has 2 heteroatoms. The third-order valence-corrected chi connectivity index (χ3v) is 4.54. The predicted molar refractivity (Wildman–Crippen MR) is 62.7 cm³/mol. The van der Waals surface area contributed by atoms with Gasteiger partial charge in [-0.25, -0.2) is 0 Å². The molecule has 0 bridgehead atoms. The van der Waals surface area contributed by atoms with E-state index < -0.39 is 5.60 Å². The molecule has 2 aliphatic rings. The molecule has 0 radical (unpaired) electrons. The lowest BCUT2D eigenvalue weighted by molar-refractivity contribution is 0.0131. The molecule has 0 aromatic carbocycles. The van der Waals surface area contributed by atoms with Crippen LogP contribution in [-0.2, 0) is 0 Å². The molecule has 1 unspecified atom stereocenters. The average molecular weight is 211 g/mol. The van der Waals surface area contributed by atoms with Gasteiger partial charge in [0.1, 0.15) is 0 Å². The monoisotopic (exact) mass is 211 g/mol. The lowest BCUT2D eigenvalue weighted by atomic mass is 9.92. The fourth-order valence-corrected chi connectivity index (χ4v) is 2.35. The van der Waals surface area contributed by atoms with Crippen LogP contribution in [0.4, 0.5) is 0 Å². The Hall–Kier alpha value is -0.0800. The van der Waals surface area contributed by atoms with Crippen LogP contribution in [0.15, 0.2) is 0 Å². The lowest BCUT2D eigenvalue weighted by Crippen LogP contribution is -2.44. The summed E-state index contributed by atoms with van der Waals surface area (Å²) in [6.45, 7) is 7.95. The van der Waals surface area contributed by atoms with Crippen LogP contribution in [0.3, 0.4) is 0 Å². The third kappa shape index (κ3) is 2.54. The van der Waals surface area contributed by atoms with E-state index >= 15 is 0 Å². The maximum Gasteiger partial charge on any atom is 0.0766 e. The molecule has 0 aliphatic heterocycles. The summed E-state index contributed by atoms with van der Waals surface area (Å²) in [7, 11) is 0. The van der Waals surface area contributed by atoms with Gasteiger partial charge in [-0.1, -0.05) is 13.8 Å². The Morgan fingerprint density at radius 1 is 1.40 bits per heavy atom. The topological polar surface area (TPSA) is 32.3 Å². The molecule has 0 spiro atoms. The van der Waals surface area contributed by atoms with Crippen molar-refractivity contribution in [1.82, 2.24) is 5.32 Å². The molecule has 2 fully saturated rings. The van der Waals surface area contributed by atoms with Crippen LogP contribution in [0.5, 0.6) is 0 Å². The first kappa shape index (κ1) is 11.4. The van der Waals surface area contributed by atoms with E-state index in [-0.39, 0.29) is 0 Å². The van der Waals surface area contributed by atoms with Crippen molar-refractivity contribution in [3.63, 3.8) is 0 Å². The van der Waals surface area contributed by atoms with E-state index in [1.54, 1.807) is 0 Å². The molecule has 88 valence electrons. The molecule has 2 nitrogen and oxygen atoms in total. The van der Waals surface area contributed by atoms with Gasteiger partial charge in [-0.15, -0.1) is 0 Å². The maximum absolute atomic E-state index is 10.1. The quantitative estimate of drug-likeness (QED) is 0.706. The first-order valence-corrected chi connectivity index (χ1v) is 6.39. The Morgan fingerprint density at radius 2 is 2.00 bits per heavy atom. The Balaban J connectivity index is 1.70. The zero-order chi connectivity index (χ0) is 11.1. The standard InChI is InChI=1S/C13H25NO/c1-10(2)12(3,15)8-14-9-13(6-7-13)11-4-5-11/h10-11,14-15H,4-9H2,1-3H3. The summed E-state index contributed by atoms with van der Waals surface area (Å²) in [6.07, 6.45) is 5.72. The Morgan fingerprint density at radius 3 is 2.40 bits per heavy atom. The van der Waals surface area contributed by atoms with E-state index in [0.29, 0.717) is 11.3 Å². The molecule has 2 aliphatic carbocycles. The van der Waals surface area contributed by atoms with Crippen molar-refractivity contribution < 1.29 is 5.11 Å². The lowest BCUT2D eigenvalue weighted by Gasteiger charge is -2.29. The number of hydrogen-bond donors (Lipinski definition) is 2. The fourth-order valence-electron chi connectivity index (χ4n) is 2.35. The van der Waals surface area contributed by atoms with Gasteiger partial charge in [-0.3, -0.25) is 0 Å². The largest absolute Gasteiger partial charge is 0.389 e. The second kappa shape index (κ2) is 3.74. The zero-order valence-corrected chi connectivity index (χ0v) is 10.3. The second-order valence-corrected chi connectivity index (χ2v) is 6.25. The summed E-state index contributed by atoms with van der Waals surface area (Å²) >= 11 is 0. The Bertz CT molecular complexity index is 223. The van der Waals surface area contributed by atoms with E-state index in [1.165, 1.54) is 25.7 Å². The van der Waals surface area contributed by atoms with Crippen LogP contribution in [0, 0.1) is 17.3 Å². The van der Waals surface area contributed by atoms with Crippen LogP contribution < -0.4 is 5.32 Å². The summed E-state index contributed by atoms with van der Waals surface area (Å²) in [4.78, 5) is 0. The average Bonchev–Trinajstić information content (AvgIpc) is 2.99. The normalized spacial score (nSPS) is 27.8. The van der Waals surface area contributed by atoms with Gasteiger partial charge < -0.3 is 10.4 Å². The van der Waals surface area contributed by atoms with Crippen molar-refractivity contribution >= 4 is 0 Å². The van der Waals surface area contributed by atoms with E-state index in [0.717, 1.165) is 19.0 Å². The highest BCUT2D eigenvalue weighted by Crippen LogP contribution is 2.60. The predicted octanol–water partition coefficient (Wildman–Crippen LogP) is 2.17. The van der Waals surface area contributed by atoms with Gasteiger partial charge in [-0.2, -0.15) is 0 Å². The molecule has 1 atom stereocenters. The van der Waals surface area contributed by atoms with Crippen LogP contribution in [0.25, 0.3) is 0 Å². The zero-order valence-electron chi connectivity index (χ0n) is 10.3. The minimum Gasteiger partial charge on any atom is -0.389 e. The highest BCUT2D eigenvalue weighted by atomic mass is 16.3. The fraction of sp³-hybridized carbons (Fsp3) is 1.00. The molecular formula is C13H25NO. The Kier molecular flexibility index (Phi) is 2.85. The number of aliphatic hydroxyl groups is 1. The van der Waals surface area contributed by atoms with Gasteiger partial charge in [0.05, 0.1) is 5.60 Å². The molecule has 15 heavy (non-hydrogen) atoms. The Labute approximate surface area is 93.5 Å². The van der Waals surface area contributed by atoms with Crippen molar-refractivity contribution in [3.8, 4) is 0 Å². The summed E-state index contributed by atoms with van der Waals surface area (Å²) in [5.74, 6) is 1.33. The smallest absolute Gasteiger partial charge is 0.0766 e.